The van der Waals surface area contributed by atoms with Crippen LogP contribution in [0.1, 0.15) is 5.56 Å². The summed E-state index contributed by atoms with van der Waals surface area (Å²) in [5.74, 6) is -0.567. The Kier molecular flexibility index (Phi) is 6.52. The zero-order valence-corrected chi connectivity index (χ0v) is 16.9. The van der Waals surface area contributed by atoms with E-state index in [9.17, 15) is 14.9 Å². The molecule has 7 nitrogen and oxygen atoms in total. The quantitative estimate of drug-likeness (QED) is 0.354. The van der Waals surface area contributed by atoms with Crippen LogP contribution in [0, 0.1) is 11.3 Å². The molecule has 0 saturated carbocycles. The van der Waals surface area contributed by atoms with Crippen molar-refractivity contribution < 1.29 is 9.53 Å². The number of nitrogens with zero attached hydrogens (tertiary/aromatic N) is 3. The maximum Gasteiger partial charge on any atom is 0.269 e. The van der Waals surface area contributed by atoms with E-state index in [4.69, 9.17) is 27.9 Å². The lowest BCUT2D eigenvalue weighted by Gasteiger charge is -2.11. The maximum absolute atomic E-state index is 13.1. The van der Waals surface area contributed by atoms with Gasteiger partial charge in [-0.25, -0.2) is 0 Å². The Labute approximate surface area is 181 Å². The van der Waals surface area contributed by atoms with Gasteiger partial charge in [-0.05, 0) is 36.4 Å². The van der Waals surface area contributed by atoms with Gasteiger partial charge in [0.2, 0.25) is 5.88 Å². The number of carbonyl (C=O) groups excluding carboxylic acids is 1. The van der Waals surface area contributed by atoms with E-state index in [1.807, 2.05) is 0 Å². The lowest BCUT2D eigenvalue weighted by atomic mass is 10.1. The van der Waals surface area contributed by atoms with E-state index in [0.29, 0.717) is 10.7 Å². The third-order valence-corrected chi connectivity index (χ3v) is 4.43. The predicted octanol–water partition coefficient (Wildman–Crippen LogP) is 4.00. The number of fused-ring (bicyclic) bond motifs is 1. The van der Waals surface area contributed by atoms with Crippen LogP contribution in [-0.4, -0.2) is 21.8 Å². The second-order valence-corrected chi connectivity index (χ2v) is 6.75. The fourth-order valence-electron chi connectivity index (χ4n) is 2.50. The summed E-state index contributed by atoms with van der Waals surface area (Å²) in [7, 11) is 0. The Morgan fingerprint density at radius 2 is 2.13 bits per heavy atom. The van der Waals surface area contributed by atoms with Gasteiger partial charge in [-0.3, -0.25) is 14.0 Å². The number of aromatic nitrogens is 2. The number of nitrogens with one attached hydrogen (secondary N) is 1. The zero-order chi connectivity index (χ0) is 21.7. The van der Waals surface area contributed by atoms with Crippen molar-refractivity contribution in [1.29, 1.82) is 5.26 Å². The lowest BCUT2D eigenvalue weighted by molar-refractivity contribution is -0.116. The van der Waals surface area contributed by atoms with Crippen molar-refractivity contribution in [3.63, 3.8) is 0 Å². The Hall–Kier alpha value is -3.60. The molecule has 0 bridgehead atoms. The number of pyridine rings is 1. The maximum atomic E-state index is 13.1. The Morgan fingerprint density at radius 3 is 2.83 bits per heavy atom. The van der Waals surface area contributed by atoms with E-state index < -0.39 is 11.5 Å². The highest BCUT2D eigenvalue weighted by molar-refractivity contribution is 6.35. The molecule has 150 valence electrons. The molecule has 30 heavy (non-hydrogen) atoms. The SMILES string of the molecule is C=CCNC(=O)/C(C#N)=C/c1c(Oc2ccc(Cl)cc2Cl)nc2ccccn2c1=O. The van der Waals surface area contributed by atoms with E-state index in [0.717, 1.165) is 6.08 Å². The lowest BCUT2D eigenvalue weighted by Crippen LogP contribution is -2.25. The summed E-state index contributed by atoms with van der Waals surface area (Å²) in [4.78, 5) is 29.6. The van der Waals surface area contributed by atoms with E-state index in [-0.39, 0.29) is 34.3 Å². The van der Waals surface area contributed by atoms with Crippen molar-refractivity contribution in [1.82, 2.24) is 14.7 Å². The summed E-state index contributed by atoms with van der Waals surface area (Å²) in [5, 5.41) is 12.5. The second-order valence-electron chi connectivity index (χ2n) is 5.91. The van der Waals surface area contributed by atoms with Crippen LogP contribution in [-0.2, 0) is 4.79 Å². The van der Waals surface area contributed by atoms with Crippen molar-refractivity contribution >= 4 is 40.8 Å². The number of rotatable bonds is 6. The van der Waals surface area contributed by atoms with Gasteiger partial charge in [0, 0.05) is 17.8 Å². The highest BCUT2D eigenvalue weighted by Gasteiger charge is 2.18. The molecule has 3 aromatic rings. The molecule has 1 N–H and O–H groups in total. The monoisotopic (exact) mass is 440 g/mol. The summed E-state index contributed by atoms with van der Waals surface area (Å²) in [6.45, 7) is 3.67. The van der Waals surface area contributed by atoms with E-state index >= 15 is 0 Å². The Bertz CT molecular complexity index is 1280. The number of ether oxygens (including phenoxy) is 1. The van der Waals surface area contributed by atoms with E-state index in [1.165, 1.54) is 28.8 Å². The molecule has 0 saturated heterocycles. The minimum Gasteiger partial charge on any atom is -0.437 e. The molecule has 0 aliphatic rings. The Balaban J connectivity index is 2.19. The standard InChI is InChI=1S/C21H14Cl2N4O3/c1-2-8-25-19(28)13(12-24)10-15-20(30-17-7-6-14(22)11-16(17)23)26-18-5-3-4-9-27(18)21(15)29/h2-7,9-11H,1,8H2,(H,25,28)/b13-10+. The zero-order valence-electron chi connectivity index (χ0n) is 15.4. The first-order valence-corrected chi connectivity index (χ1v) is 9.35. The normalized spacial score (nSPS) is 11.0. The molecule has 3 rings (SSSR count). The molecular formula is C21H14Cl2N4O3. The second kappa shape index (κ2) is 9.27. The van der Waals surface area contributed by atoms with Crippen molar-refractivity contribution in [2.75, 3.05) is 6.54 Å². The number of halogens is 2. The van der Waals surface area contributed by atoms with Crippen LogP contribution in [0.4, 0.5) is 0 Å². The topological polar surface area (TPSA) is 96.5 Å². The van der Waals surface area contributed by atoms with Gasteiger partial charge in [0.1, 0.15) is 28.6 Å². The smallest absolute Gasteiger partial charge is 0.269 e. The minimum absolute atomic E-state index is 0.0879. The van der Waals surface area contributed by atoms with Crippen molar-refractivity contribution in [2.45, 2.75) is 0 Å². The number of benzene rings is 1. The molecule has 0 fully saturated rings. The molecule has 2 heterocycles. The Morgan fingerprint density at radius 1 is 1.33 bits per heavy atom. The first-order valence-electron chi connectivity index (χ1n) is 8.59. The van der Waals surface area contributed by atoms with Crippen LogP contribution in [0.5, 0.6) is 11.6 Å². The summed E-state index contributed by atoms with van der Waals surface area (Å²) in [6, 6.07) is 11.3. The highest BCUT2D eigenvalue weighted by atomic mass is 35.5. The van der Waals surface area contributed by atoms with Gasteiger partial charge < -0.3 is 10.1 Å². The average Bonchev–Trinajstić information content (AvgIpc) is 2.74. The molecular weight excluding hydrogens is 427 g/mol. The molecule has 0 unspecified atom stereocenters. The van der Waals surface area contributed by atoms with Crippen LogP contribution < -0.4 is 15.6 Å². The van der Waals surface area contributed by atoms with Crippen LogP contribution in [0.25, 0.3) is 11.7 Å². The fourth-order valence-corrected chi connectivity index (χ4v) is 2.95. The van der Waals surface area contributed by atoms with Crippen LogP contribution in [0.3, 0.4) is 0 Å². The van der Waals surface area contributed by atoms with Gasteiger partial charge in [-0.15, -0.1) is 6.58 Å². The van der Waals surface area contributed by atoms with Crippen LogP contribution >= 0.6 is 23.2 Å². The first-order chi connectivity index (χ1) is 14.4. The number of amides is 1. The summed E-state index contributed by atoms with van der Waals surface area (Å²) < 4.78 is 7.05. The van der Waals surface area contributed by atoms with E-state index in [1.54, 1.807) is 30.3 Å². The van der Waals surface area contributed by atoms with Gasteiger partial charge >= 0.3 is 0 Å². The van der Waals surface area contributed by atoms with Gasteiger partial charge in [0.15, 0.2) is 0 Å². The van der Waals surface area contributed by atoms with Crippen LogP contribution in [0.15, 0.2) is 65.6 Å². The average molecular weight is 441 g/mol. The highest BCUT2D eigenvalue weighted by Crippen LogP contribution is 2.32. The molecule has 1 amide bonds. The fraction of sp³-hybridized carbons (Fsp3) is 0.0476. The van der Waals surface area contributed by atoms with Crippen molar-refractivity contribution in [3.8, 4) is 17.7 Å². The van der Waals surface area contributed by atoms with Gasteiger partial charge in [0.05, 0.1) is 5.02 Å². The third kappa shape index (κ3) is 4.51. The molecule has 0 aliphatic heterocycles. The summed E-state index contributed by atoms with van der Waals surface area (Å²) >= 11 is 12.1. The minimum atomic E-state index is -0.662. The molecule has 9 heteroatoms. The van der Waals surface area contributed by atoms with E-state index in [2.05, 4.69) is 16.9 Å². The molecule has 0 spiro atoms. The first kappa shape index (κ1) is 21.1. The summed E-state index contributed by atoms with van der Waals surface area (Å²) in [6.07, 6.45) is 4.12. The van der Waals surface area contributed by atoms with Crippen LogP contribution in [0.2, 0.25) is 10.0 Å². The number of hydrogen-bond donors (Lipinski definition) is 1. The predicted molar refractivity (Wildman–Crippen MR) is 115 cm³/mol. The molecule has 0 aliphatic carbocycles. The number of nitriles is 1. The van der Waals surface area contributed by atoms with Crippen molar-refractivity contribution in [2.24, 2.45) is 0 Å². The number of hydrogen-bond acceptors (Lipinski definition) is 5. The molecule has 0 atom stereocenters. The third-order valence-electron chi connectivity index (χ3n) is 3.90. The van der Waals surface area contributed by atoms with Gasteiger partial charge in [-0.1, -0.05) is 35.3 Å². The summed E-state index contributed by atoms with van der Waals surface area (Å²) in [5.41, 5.74) is -0.590. The number of carbonyl (C=O) groups is 1. The molecule has 1 aromatic carbocycles. The largest absolute Gasteiger partial charge is 0.437 e. The van der Waals surface area contributed by atoms with Gasteiger partial charge in [0.25, 0.3) is 11.5 Å². The molecule has 2 aromatic heterocycles. The van der Waals surface area contributed by atoms with Crippen molar-refractivity contribution in [3.05, 3.63) is 86.8 Å². The van der Waals surface area contributed by atoms with Gasteiger partial charge in [-0.2, -0.15) is 10.2 Å². The molecule has 0 radical (unpaired) electrons.